The molecule has 2 aromatic rings. The average Bonchev–Trinajstić information content (AvgIpc) is 2.56. The smallest absolute Gasteiger partial charge is 0.255 e. The van der Waals surface area contributed by atoms with E-state index in [9.17, 15) is 4.79 Å². The molecule has 0 atom stereocenters. The van der Waals surface area contributed by atoms with Crippen LogP contribution in [0.2, 0.25) is 5.02 Å². The van der Waals surface area contributed by atoms with Gasteiger partial charge in [0.2, 0.25) is 5.71 Å². The van der Waals surface area contributed by atoms with E-state index in [0.29, 0.717) is 22.0 Å². The number of hydrogen-bond acceptors (Lipinski definition) is 5. The van der Waals surface area contributed by atoms with E-state index in [1.54, 1.807) is 54.6 Å². The molecule has 0 unspecified atom stereocenters. The molecule has 0 aliphatic rings. The van der Waals surface area contributed by atoms with Gasteiger partial charge in [-0.2, -0.15) is 10.4 Å². The van der Waals surface area contributed by atoms with Gasteiger partial charge in [0, 0.05) is 16.3 Å². The lowest BCUT2D eigenvalue weighted by atomic mass is 10.2. The van der Waals surface area contributed by atoms with E-state index in [4.69, 9.17) is 28.0 Å². The zero-order chi connectivity index (χ0) is 17.5. The van der Waals surface area contributed by atoms with Crippen molar-refractivity contribution in [2.45, 2.75) is 0 Å². The summed E-state index contributed by atoms with van der Waals surface area (Å²) in [4.78, 5) is 12.1. The molecule has 2 aromatic carbocycles. The molecular formula is C16H13ClN6O. The average molecular weight is 341 g/mol. The number of carbonyl (C=O) groups is 1. The molecule has 0 saturated carbocycles. The lowest BCUT2D eigenvalue weighted by Crippen LogP contribution is -2.21. The first-order valence-corrected chi connectivity index (χ1v) is 7.12. The van der Waals surface area contributed by atoms with Gasteiger partial charge in [-0.3, -0.25) is 15.6 Å². The van der Waals surface area contributed by atoms with Gasteiger partial charge in [-0.25, -0.2) is 0 Å². The SMILES string of the molecule is N#C/C(=N\Nc1ccc(NC(=O)c2cccc(Cl)c2)cc1)C(=N)N. The number of amides is 1. The highest BCUT2D eigenvalue weighted by Gasteiger charge is 2.06. The van der Waals surface area contributed by atoms with Gasteiger partial charge >= 0.3 is 0 Å². The maximum Gasteiger partial charge on any atom is 0.255 e. The summed E-state index contributed by atoms with van der Waals surface area (Å²) in [7, 11) is 0. The number of nitrogens with one attached hydrogen (secondary N) is 3. The van der Waals surface area contributed by atoms with Crippen LogP contribution in [0, 0.1) is 16.7 Å². The Morgan fingerprint density at radius 1 is 1.21 bits per heavy atom. The first-order chi connectivity index (χ1) is 11.5. The van der Waals surface area contributed by atoms with Crippen molar-refractivity contribution >= 4 is 40.4 Å². The monoisotopic (exact) mass is 340 g/mol. The van der Waals surface area contributed by atoms with E-state index in [-0.39, 0.29) is 11.6 Å². The van der Waals surface area contributed by atoms with Crippen LogP contribution in [0.5, 0.6) is 0 Å². The number of hydrazone groups is 1. The topological polar surface area (TPSA) is 127 Å². The molecule has 0 aliphatic heterocycles. The minimum atomic E-state index is -0.421. The molecule has 0 spiro atoms. The van der Waals surface area contributed by atoms with Crippen LogP contribution in [0.15, 0.2) is 53.6 Å². The fourth-order valence-electron chi connectivity index (χ4n) is 1.73. The molecule has 0 heterocycles. The second-order valence-electron chi connectivity index (χ2n) is 4.64. The molecule has 24 heavy (non-hydrogen) atoms. The van der Waals surface area contributed by atoms with Crippen molar-refractivity contribution in [1.82, 2.24) is 0 Å². The summed E-state index contributed by atoms with van der Waals surface area (Å²) in [6.45, 7) is 0. The zero-order valence-corrected chi connectivity index (χ0v) is 13.1. The number of nitrogens with two attached hydrogens (primary N) is 1. The standard InChI is InChI=1S/C16H13ClN6O/c17-11-3-1-2-10(8-11)16(24)21-12-4-6-13(7-5-12)22-23-14(9-18)15(19)20/h1-8,22H,(H3,19,20)(H,21,24)/b23-14+. The predicted molar refractivity (Wildman–Crippen MR) is 94.4 cm³/mol. The number of amidine groups is 1. The van der Waals surface area contributed by atoms with Crippen LogP contribution in [0.4, 0.5) is 11.4 Å². The van der Waals surface area contributed by atoms with Gasteiger partial charge in [0.1, 0.15) is 6.07 Å². The van der Waals surface area contributed by atoms with E-state index in [1.807, 2.05) is 0 Å². The van der Waals surface area contributed by atoms with Gasteiger partial charge < -0.3 is 11.1 Å². The van der Waals surface area contributed by atoms with E-state index in [0.717, 1.165) is 0 Å². The Kier molecular flexibility index (Phi) is 5.49. The van der Waals surface area contributed by atoms with Crippen molar-refractivity contribution in [2.24, 2.45) is 10.8 Å². The van der Waals surface area contributed by atoms with E-state index in [1.165, 1.54) is 0 Å². The summed E-state index contributed by atoms with van der Waals surface area (Å²) in [6, 6.07) is 15.0. The van der Waals surface area contributed by atoms with E-state index < -0.39 is 5.84 Å². The number of benzene rings is 2. The van der Waals surface area contributed by atoms with Crippen molar-refractivity contribution in [1.29, 1.82) is 10.7 Å². The fraction of sp³-hybridized carbons (Fsp3) is 0. The number of anilines is 2. The molecule has 0 fully saturated rings. The summed E-state index contributed by atoms with van der Waals surface area (Å²) in [5, 5.41) is 22.8. The maximum absolute atomic E-state index is 12.1. The summed E-state index contributed by atoms with van der Waals surface area (Å²) in [6.07, 6.45) is 0. The van der Waals surface area contributed by atoms with E-state index >= 15 is 0 Å². The molecule has 0 aliphatic carbocycles. The number of nitrogens with zero attached hydrogens (tertiary/aromatic N) is 2. The first kappa shape index (κ1) is 17.0. The third-order valence-electron chi connectivity index (χ3n) is 2.89. The largest absolute Gasteiger partial charge is 0.382 e. The van der Waals surface area contributed by atoms with Gasteiger partial charge in [0.15, 0.2) is 5.84 Å². The number of halogens is 1. The second-order valence-corrected chi connectivity index (χ2v) is 5.08. The van der Waals surface area contributed by atoms with Crippen molar-refractivity contribution in [3.8, 4) is 6.07 Å². The van der Waals surface area contributed by atoms with Gasteiger partial charge in [0.25, 0.3) is 5.91 Å². The third-order valence-corrected chi connectivity index (χ3v) is 3.12. The Hall–Kier alpha value is -3.37. The summed E-state index contributed by atoms with van der Waals surface area (Å²) < 4.78 is 0. The third kappa shape index (κ3) is 4.56. The number of rotatable bonds is 5. The van der Waals surface area contributed by atoms with Crippen LogP contribution < -0.4 is 16.5 Å². The normalized spacial score (nSPS) is 10.6. The molecule has 8 heteroatoms. The van der Waals surface area contributed by atoms with Crippen LogP contribution in [0.3, 0.4) is 0 Å². The maximum atomic E-state index is 12.1. The molecule has 7 nitrogen and oxygen atoms in total. The highest BCUT2D eigenvalue weighted by molar-refractivity contribution is 6.45. The number of carbonyl (C=O) groups excluding carboxylic acids is 1. The Morgan fingerprint density at radius 3 is 2.46 bits per heavy atom. The number of nitriles is 1. The summed E-state index contributed by atoms with van der Waals surface area (Å²) >= 11 is 5.86. The molecule has 2 rings (SSSR count). The van der Waals surface area contributed by atoms with Gasteiger partial charge in [0.05, 0.1) is 5.69 Å². The molecule has 0 radical (unpaired) electrons. The van der Waals surface area contributed by atoms with Crippen LogP contribution in [0.1, 0.15) is 10.4 Å². The van der Waals surface area contributed by atoms with Crippen molar-refractivity contribution in [2.75, 3.05) is 10.7 Å². The minimum Gasteiger partial charge on any atom is -0.382 e. The molecule has 0 saturated heterocycles. The molecular weight excluding hydrogens is 328 g/mol. The molecule has 5 N–H and O–H groups in total. The highest BCUT2D eigenvalue weighted by Crippen LogP contribution is 2.16. The van der Waals surface area contributed by atoms with Crippen LogP contribution >= 0.6 is 11.6 Å². The van der Waals surface area contributed by atoms with Gasteiger partial charge in [-0.1, -0.05) is 17.7 Å². The fourth-order valence-corrected chi connectivity index (χ4v) is 1.92. The van der Waals surface area contributed by atoms with Crippen LogP contribution in [-0.2, 0) is 0 Å². The summed E-state index contributed by atoms with van der Waals surface area (Å²) in [5.74, 6) is -0.699. The van der Waals surface area contributed by atoms with Crippen LogP contribution in [-0.4, -0.2) is 17.5 Å². The molecule has 120 valence electrons. The highest BCUT2D eigenvalue weighted by atomic mass is 35.5. The molecule has 0 bridgehead atoms. The van der Waals surface area contributed by atoms with Crippen molar-refractivity contribution in [3.05, 3.63) is 59.1 Å². The molecule has 0 aromatic heterocycles. The first-order valence-electron chi connectivity index (χ1n) is 6.75. The van der Waals surface area contributed by atoms with Crippen molar-refractivity contribution < 1.29 is 4.79 Å². The van der Waals surface area contributed by atoms with Gasteiger partial charge in [-0.05, 0) is 42.5 Å². The lowest BCUT2D eigenvalue weighted by Gasteiger charge is -2.07. The van der Waals surface area contributed by atoms with Crippen molar-refractivity contribution in [3.63, 3.8) is 0 Å². The quantitative estimate of drug-likeness (QED) is 0.379. The lowest BCUT2D eigenvalue weighted by molar-refractivity contribution is 0.102. The Labute approximate surface area is 143 Å². The zero-order valence-electron chi connectivity index (χ0n) is 12.4. The Morgan fingerprint density at radius 2 is 1.88 bits per heavy atom. The van der Waals surface area contributed by atoms with Crippen LogP contribution in [0.25, 0.3) is 0 Å². The Bertz CT molecular complexity index is 838. The second kappa shape index (κ2) is 7.76. The van der Waals surface area contributed by atoms with Gasteiger partial charge in [-0.15, -0.1) is 0 Å². The minimum absolute atomic E-state index is 0.215. The number of hydrogen-bond donors (Lipinski definition) is 4. The Balaban J connectivity index is 2.03. The predicted octanol–water partition coefficient (Wildman–Crippen LogP) is 2.82. The van der Waals surface area contributed by atoms with E-state index in [2.05, 4.69) is 15.8 Å². The molecule has 1 amide bonds. The summed E-state index contributed by atoms with van der Waals surface area (Å²) in [5.41, 5.74) is 9.20.